The SMILES string of the molecule is C[C@]12CC[C@H](O)C[C@@H]1C[C@H](O)[C@@H]1[C@@H]2CC[C@]2(C)C(=O)CC[C@@H]12. The van der Waals surface area contributed by atoms with Gasteiger partial charge in [-0.1, -0.05) is 13.8 Å². The zero-order valence-corrected chi connectivity index (χ0v) is 13.9. The van der Waals surface area contributed by atoms with Gasteiger partial charge < -0.3 is 10.2 Å². The first-order chi connectivity index (χ1) is 10.4. The summed E-state index contributed by atoms with van der Waals surface area (Å²) in [4.78, 5) is 12.4. The molecule has 8 atom stereocenters. The summed E-state index contributed by atoms with van der Waals surface area (Å²) in [6.45, 7) is 4.57. The van der Waals surface area contributed by atoms with Crippen molar-refractivity contribution >= 4 is 5.78 Å². The topological polar surface area (TPSA) is 57.5 Å². The van der Waals surface area contributed by atoms with Crippen molar-refractivity contribution in [1.82, 2.24) is 0 Å². The average molecular weight is 306 g/mol. The molecule has 0 aromatic heterocycles. The highest BCUT2D eigenvalue weighted by Gasteiger charge is 2.62. The predicted molar refractivity (Wildman–Crippen MR) is 84.1 cm³/mol. The Balaban J connectivity index is 1.69. The minimum atomic E-state index is -0.274. The van der Waals surface area contributed by atoms with E-state index in [-0.39, 0.29) is 23.0 Å². The molecule has 3 heteroatoms. The Morgan fingerprint density at radius 1 is 1.00 bits per heavy atom. The van der Waals surface area contributed by atoms with Crippen LogP contribution >= 0.6 is 0 Å². The summed E-state index contributed by atoms with van der Waals surface area (Å²) in [5, 5.41) is 20.9. The number of carbonyl (C=O) groups excluding carboxylic acids is 1. The molecule has 4 aliphatic rings. The van der Waals surface area contributed by atoms with Crippen LogP contribution in [0.2, 0.25) is 0 Å². The molecular weight excluding hydrogens is 276 g/mol. The van der Waals surface area contributed by atoms with Gasteiger partial charge in [0, 0.05) is 11.8 Å². The molecule has 4 fully saturated rings. The van der Waals surface area contributed by atoms with Crippen LogP contribution in [0.5, 0.6) is 0 Å². The highest BCUT2D eigenvalue weighted by molar-refractivity contribution is 5.87. The minimum Gasteiger partial charge on any atom is -0.393 e. The lowest BCUT2D eigenvalue weighted by Crippen LogP contribution is -2.58. The molecule has 0 heterocycles. The Kier molecular flexibility index (Phi) is 3.30. The standard InChI is InChI=1S/C19H30O3/c1-18-7-5-12(20)9-11(18)10-15(21)17-13-3-4-16(22)19(13,2)8-6-14(17)18/h11-15,17,20-21H,3-10H2,1-2H3/t11-,12+,13+,14+,15+,17+,18+,19+/m1/s1. The maximum Gasteiger partial charge on any atom is 0.139 e. The molecule has 4 aliphatic carbocycles. The van der Waals surface area contributed by atoms with Gasteiger partial charge in [0.1, 0.15) is 5.78 Å². The fraction of sp³-hybridized carbons (Fsp3) is 0.947. The molecule has 0 aromatic carbocycles. The normalized spacial score (nSPS) is 57.9. The first-order valence-corrected chi connectivity index (χ1v) is 9.25. The van der Waals surface area contributed by atoms with E-state index < -0.39 is 0 Å². The van der Waals surface area contributed by atoms with Crippen LogP contribution in [0.15, 0.2) is 0 Å². The van der Waals surface area contributed by atoms with Gasteiger partial charge in [-0.2, -0.15) is 0 Å². The first kappa shape index (κ1) is 15.1. The molecule has 0 saturated heterocycles. The van der Waals surface area contributed by atoms with E-state index >= 15 is 0 Å². The fourth-order valence-corrected chi connectivity index (χ4v) is 6.97. The molecule has 0 aromatic rings. The summed E-state index contributed by atoms with van der Waals surface area (Å²) in [6, 6.07) is 0. The molecule has 0 bridgehead atoms. The highest BCUT2D eigenvalue weighted by atomic mass is 16.3. The molecule has 0 aliphatic heterocycles. The van der Waals surface area contributed by atoms with Gasteiger partial charge in [-0.05, 0) is 74.0 Å². The monoisotopic (exact) mass is 306 g/mol. The minimum absolute atomic E-state index is 0.167. The predicted octanol–water partition coefficient (Wildman–Crippen LogP) is 2.93. The zero-order valence-electron chi connectivity index (χ0n) is 13.9. The number of hydrogen-bond acceptors (Lipinski definition) is 3. The third-order valence-corrected chi connectivity index (χ3v) is 8.36. The number of aliphatic hydroxyl groups excluding tert-OH is 2. The second-order valence-corrected chi connectivity index (χ2v) is 9.14. The highest BCUT2D eigenvalue weighted by Crippen LogP contribution is 2.65. The van der Waals surface area contributed by atoms with Gasteiger partial charge in [-0.15, -0.1) is 0 Å². The molecule has 0 unspecified atom stereocenters. The smallest absolute Gasteiger partial charge is 0.139 e. The number of ketones is 1. The van der Waals surface area contributed by atoms with Crippen LogP contribution < -0.4 is 0 Å². The molecule has 0 spiro atoms. The maximum absolute atomic E-state index is 12.4. The average Bonchev–Trinajstić information content (AvgIpc) is 2.77. The number of Topliss-reactive ketones (excluding diaryl/α,β-unsaturated/α-hetero) is 1. The van der Waals surface area contributed by atoms with Crippen molar-refractivity contribution in [3.05, 3.63) is 0 Å². The van der Waals surface area contributed by atoms with Crippen LogP contribution in [0, 0.1) is 34.5 Å². The van der Waals surface area contributed by atoms with Gasteiger partial charge in [0.25, 0.3) is 0 Å². The van der Waals surface area contributed by atoms with Crippen molar-refractivity contribution < 1.29 is 15.0 Å². The van der Waals surface area contributed by atoms with E-state index in [4.69, 9.17) is 0 Å². The van der Waals surface area contributed by atoms with Crippen molar-refractivity contribution in [2.24, 2.45) is 34.5 Å². The molecule has 0 amide bonds. The van der Waals surface area contributed by atoms with Gasteiger partial charge in [-0.25, -0.2) is 0 Å². The number of rotatable bonds is 0. The second kappa shape index (κ2) is 4.80. The van der Waals surface area contributed by atoms with Gasteiger partial charge in [0.15, 0.2) is 0 Å². The van der Waals surface area contributed by atoms with E-state index in [1.807, 2.05) is 0 Å². The molecule has 124 valence electrons. The molecule has 0 radical (unpaired) electrons. The Labute approximate surface area is 133 Å². The largest absolute Gasteiger partial charge is 0.393 e. The van der Waals surface area contributed by atoms with E-state index in [0.29, 0.717) is 29.5 Å². The van der Waals surface area contributed by atoms with E-state index in [2.05, 4.69) is 13.8 Å². The summed E-state index contributed by atoms with van der Waals surface area (Å²) in [5.74, 6) is 2.13. The van der Waals surface area contributed by atoms with Crippen LogP contribution in [-0.4, -0.2) is 28.2 Å². The van der Waals surface area contributed by atoms with Crippen molar-refractivity contribution in [3.8, 4) is 0 Å². The van der Waals surface area contributed by atoms with Crippen molar-refractivity contribution in [2.45, 2.75) is 77.4 Å². The van der Waals surface area contributed by atoms with Crippen LogP contribution in [0.4, 0.5) is 0 Å². The summed E-state index contributed by atoms with van der Waals surface area (Å²) >= 11 is 0. The maximum atomic E-state index is 12.4. The number of fused-ring (bicyclic) bond motifs is 5. The number of carbonyl (C=O) groups is 1. The van der Waals surface area contributed by atoms with E-state index in [1.54, 1.807) is 0 Å². The van der Waals surface area contributed by atoms with E-state index in [1.165, 1.54) is 0 Å². The Bertz CT molecular complexity index is 489. The van der Waals surface area contributed by atoms with Gasteiger partial charge >= 0.3 is 0 Å². The Hall–Kier alpha value is -0.410. The van der Waals surface area contributed by atoms with Gasteiger partial charge in [0.05, 0.1) is 12.2 Å². The lowest BCUT2D eigenvalue weighted by Gasteiger charge is -2.61. The van der Waals surface area contributed by atoms with Crippen molar-refractivity contribution in [2.75, 3.05) is 0 Å². The van der Waals surface area contributed by atoms with E-state index in [0.717, 1.165) is 51.4 Å². The quantitative estimate of drug-likeness (QED) is 0.723. The van der Waals surface area contributed by atoms with E-state index in [9.17, 15) is 15.0 Å². The molecule has 4 saturated carbocycles. The zero-order chi connectivity index (χ0) is 15.7. The third kappa shape index (κ3) is 1.84. The molecular formula is C19H30O3. The van der Waals surface area contributed by atoms with Gasteiger partial charge in [-0.3, -0.25) is 4.79 Å². The van der Waals surface area contributed by atoms with Crippen molar-refractivity contribution in [1.29, 1.82) is 0 Å². The molecule has 2 N–H and O–H groups in total. The molecule has 4 rings (SSSR count). The summed E-state index contributed by atoms with van der Waals surface area (Å²) in [7, 11) is 0. The van der Waals surface area contributed by atoms with Crippen LogP contribution in [-0.2, 0) is 4.79 Å². The Morgan fingerprint density at radius 3 is 2.55 bits per heavy atom. The molecule has 22 heavy (non-hydrogen) atoms. The lowest BCUT2D eigenvalue weighted by molar-refractivity contribution is -0.171. The third-order valence-electron chi connectivity index (χ3n) is 8.36. The fourth-order valence-electron chi connectivity index (χ4n) is 6.97. The second-order valence-electron chi connectivity index (χ2n) is 9.14. The van der Waals surface area contributed by atoms with Crippen molar-refractivity contribution in [3.63, 3.8) is 0 Å². The van der Waals surface area contributed by atoms with Crippen LogP contribution in [0.3, 0.4) is 0 Å². The number of aliphatic hydroxyl groups is 2. The lowest BCUT2D eigenvalue weighted by atomic mass is 9.44. The summed E-state index contributed by atoms with van der Waals surface area (Å²) < 4.78 is 0. The first-order valence-electron chi connectivity index (χ1n) is 9.25. The summed E-state index contributed by atoms with van der Waals surface area (Å²) in [5.41, 5.74) is 0.0929. The summed E-state index contributed by atoms with van der Waals surface area (Å²) in [6.07, 6.45) is 7.03. The van der Waals surface area contributed by atoms with Gasteiger partial charge in [0.2, 0.25) is 0 Å². The van der Waals surface area contributed by atoms with Crippen LogP contribution in [0.1, 0.15) is 65.2 Å². The Morgan fingerprint density at radius 2 is 1.77 bits per heavy atom. The number of hydrogen-bond donors (Lipinski definition) is 2. The molecule has 3 nitrogen and oxygen atoms in total. The van der Waals surface area contributed by atoms with Crippen LogP contribution in [0.25, 0.3) is 0 Å².